The molecule has 1 atom stereocenters. The van der Waals surface area contributed by atoms with E-state index in [1.54, 1.807) is 17.3 Å². The van der Waals surface area contributed by atoms with Gasteiger partial charge in [-0.15, -0.1) is 0 Å². The maximum atomic E-state index is 12.9. The quantitative estimate of drug-likeness (QED) is 0.841. The number of nitrogens with zero attached hydrogens (tertiary/aromatic N) is 4. The first-order valence-electron chi connectivity index (χ1n) is 9.64. The first-order chi connectivity index (χ1) is 12.5. The molecular weight excluding hydrogens is 330 g/mol. The molecule has 0 radical (unpaired) electrons. The van der Waals surface area contributed by atoms with E-state index in [0.717, 1.165) is 13.1 Å². The van der Waals surface area contributed by atoms with Gasteiger partial charge < -0.3 is 15.1 Å². The van der Waals surface area contributed by atoms with Crippen molar-refractivity contribution in [3.05, 3.63) is 18.0 Å². The van der Waals surface area contributed by atoms with Crippen LogP contribution in [0, 0.1) is 11.8 Å². The van der Waals surface area contributed by atoms with Gasteiger partial charge in [-0.1, -0.05) is 13.8 Å². The first-order valence-corrected chi connectivity index (χ1v) is 9.64. The van der Waals surface area contributed by atoms with Crippen LogP contribution in [0.5, 0.6) is 0 Å². The van der Waals surface area contributed by atoms with Crippen LogP contribution >= 0.6 is 0 Å². The van der Waals surface area contributed by atoms with E-state index in [9.17, 15) is 9.59 Å². The summed E-state index contributed by atoms with van der Waals surface area (Å²) >= 11 is 0. The van der Waals surface area contributed by atoms with E-state index in [1.807, 2.05) is 11.8 Å². The van der Waals surface area contributed by atoms with E-state index in [2.05, 4.69) is 29.1 Å². The molecule has 1 aromatic rings. The van der Waals surface area contributed by atoms with Gasteiger partial charge in [-0.25, -0.2) is 9.97 Å². The topological polar surface area (TPSA) is 78.4 Å². The maximum Gasteiger partial charge on any atom is 0.257 e. The summed E-state index contributed by atoms with van der Waals surface area (Å²) in [7, 11) is 0. The Morgan fingerprint density at radius 2 is 2.00 bits per heavy atom. The highest BCUT2D eigenvalue weighted by atomic mass is 16.2. The second-order valence-electron chi connectivity index (χ2n) is 7.63. The number of carbonyl (C=O) groups excluding carboxylic acids is 2. The van der Waals surface area contributed by atoms with Crippen LogP contribution in [-0.2, 0) is 4.79 Å². The predicted octanol–water partition coefficient (Wildman–Crippen LogP) is 2.02. The number of hydrogen-bond acceptors (Lipinski definition) is 5. The van der Waals surface area contributed by atoms with Crippen LogP contribution in [-0.4, -0.2) is 63.8 Å². The molecule has 3 rings (SSSR count). The average molecular weight is 359 g/mol. The van der Waals surface area contributed by atoms with Crippen LogP contribution in [0.1, 0.15) is 50.4 Å². The normalized spacial score (nSPS) is 21.1. The summed E-state index contributed by atoms with van der Waals surface area (Å²) in [5.74, 6) is 1.54. The Balaban J connectivity index is 1.74. The number of hydrogen-bond donors (Lipinski definition) is 1. The molecule has 0 unspecified atom stereocenters. The van der Waals surface area contributed by atoms with Crippen LogP contribution in [0.25, 0.3) is 0 Å². The van der Waals surface area contributed by atoms with Gasteiger partial charge in [0.1, 0.15) is 0 Å². The Bertz CT molecular complexity index is 642. The Morgan fingerprint density at radius 3 is 2.58 bits per heavy atom. The van der Waals surface area contributed by atoms with Gasteiger partial charge in [0.05, 0.1) is 11.6 Å². The molecule has 2 fully saturated rings. The van der Waals surface area contributed by atoms with E-state index in [0.29, 0.717) is 42.9 Å². The molecule has 1 N–H and O–H groups in total. The predicted molar refractivity (Wildman–Crippen MR) is 99.8 cm³/mol. The summed E-state index contributed by atoms with van der Waals surface area (Å²) < 4.78 is 0. The fraction of sp³-hybridized carbons (Fsp3) is 0.684. The van der Waals surface area contributed by atoms with Crippen molar-refractivity contribution in [3.8, 4) is 0 Å². The molecule has 1 aromatic heterocycles. The summed E-state index contributed by atoms with van der Waals surface area (Å²) in [6.07, 6.45) is 5.94. The van der Waals surface area contributed by atoms with Crippen molar-refractivity contribution in [2.24, 2.45) is 11.8 Å². The highest BCUT2D eigenvalue weighted by molar-refractivity contribution is 5.94. The van der Waals surface area contributed by atoms with Crippen molar-refractivity contribution in [3.63, 3.8) is 0 Å². The molecule has 1 aliphatic heterocycles. The second-order valence-corrected chi connectivity index (χ2v) is 7.63. The van der Waals surface area contributed by atoms with E-state index < -0.39 is 0 Å². The summed E-state index contributed by atoms with van der Waals surface area (Å²) in [4.78, 5) is 37.8. The molecule has 142 valence electrons. The van der Waals surface area contributed by atoms with Crippen molar-refractivity contribution in [1.82, 2.24) is 19.8 Å². The molecule has 0 spiro atoms. The largest absolute Gasteiger partial charge is 0.355 e. The van der Waals surface area contributed by atoms with Crippen LogP contribution in [0.15, 0.2) is 12.4 Å². The number of carbonyl (C=O) groups is 2. The van der Waals surface area contributed by atoms with Crippen LogP contribution in [0.2, 0.25) is 0 Å². The molecule has 7 nitrogen and oxygen atoms in total. The fourth-order valence-corrected chi connectivity index (χ4v) is 3.42. The Morgan fingerprint density at radius 1 is 1.31 bits per heavy atom. The minimum atomic E-state index is -0.0974. The number of amides is 2. The first kappa shape index (κ1) is 18.6. The number of rotatable bonds is 6. The molecule has 0 bridgehead atoms. The molecule has 1 saturated heterocycles. The third-order valence-corrected chi connectivity index (χ3v) is 5.17. The van der Waals surface area contributed by atoms with Crippen LogP contribution < -0.4 is 5.32 Å². The third-order valence-electron chi connectivity index (χ3n) is 5.17. The minimum absolute atomic E-state index is 0.0662. The number of anilines is 1. The lowest BCUT2D eigenvalue weighted by Crippen LogP contribution is -2.48. The van der Waals surface area contributed by atoms with Crippen LogP contribution in [0.4, 0.5) is 5.95 Å². The Hall–Kier alpha value is -2.18. The van der Waals surface area contributed by atoms with E-state index in [-0.39, 0.29) is 17.9 Å². The lowest BCUT2D eigenvalue weighted by Gasteiger charge is -2.34. The van der Waals surface area contributed by atoms with E-state index >= 15 is 0 Å². The van der Waals surface area contributed by atoms with E-state index in [1.165, 1.54) is 12.8 Å². The zero-order valence-electron chi connectivity index (χ0n) is 15.9. The number of aromatic nitrogens is 2. The van der Waals surface area contributed by atoms with Gasteiger partial charge in [-0.05, 0) is 31.6 Å². The maximum absolute atomic E-state index is 12.9. The molecule has 7 heteroatoms. The lowest BCUT2D eigenvalue weighted by atomic mass is 10.0. The van der Waals surface area contributed by atoms with Crippen molar-refractivity contribution >= 4 is 17.8 Å². The molecule has 1 saturated carbocycles. The van der Waals surface area contributed by atoms with Gasteiger partial charge in [0, 0.05) is 45.0 Å². The standard InChI is InChI=1S/C19H29N5O2/c1-4-20-19-21-9-15(10-22-19)18(26)23-8-7-17(25)24(11-14-5-6-14)16(12-23)13(2)3/h9-10,13-14,16H,4-8,11-12H2,1-3H3,(H,20,21,22)/t16-/m1/s1. The summed E-state index contributed by atoms with van der Waals surface area (Å²) in [5, 5.41) is 3.02. The second kappa shape index (κ2) is 8.01. The van der Waals surface area contributed by atoms with Gasteiger partial charge >= 0.3 is 0 Å². The zero-order valence-corrected chi connectivity index (χ0v) is 15.9. The highest BCUT2D eigenvalue weighted by Crippen LogP contribution is 2.32. The number of nitrogens with one attached hydrogen (secondary N) is 1. The zero-order chi connectivity index (χ0) is 18.7. The average Bonchev–Trinajstić information content (AvgIpc) is 3.45. The molecule has 2 aliphatic rings. The summed E-state index contributed by atoms with van der Waals surface area (Å²) in [6.45, 7) is 8.82. The summed E-state index contributed by atoms with van der Waals surface area (Å²) in [6, 6.07) is 0.0662. The highest BCUT2D eigenvalue weighted by Gasteiger charge is 2.36. The fourth-order valence-electron chi connectivity index (χ4n) is 3.42. The van der Waals surface area contributed by atoms with Crippen LogP contribution in [0.3, 0.4) is 0 Å². The summed E-state index contributed by atoms with van der Waals surface area (Å²) in [5.41, 5.74) is 0.470. The molecule has 2 heterocycles. The molecule has 26 heavy (non-hydrogen) atoms. The molecule has 0 aromatic carbocycles. The Kier molecular flexibility index (Phi) is 5.74. The van der Waals surface area contributed by atoms with Gasteiger partial charge in [0.2, 0.25) is 11.9 Å². The van der Waals surface area contributed by atoms with E-state index in [4.69, 9.17) is 0 Å². The van der Waals surface area contributed by atoms with Crippen molar-refractivity contribution < 1.29 is 9.59 Å². The molecular formula is C19H29N5O2. The van der Waals surface area contributed by atoms with Gasteiger partial charge in [-0.2, -0.15) is 0 Å². The smallest absolute Gasteiger partial charge is 0.257 e. The minimum Gasteiger partial charge on any atom is -0.355 e. The molecule has 1 aliphatic carbocycles. The third kappa shape index (κ3) is 4.31. The van der Waals surface area contributed by atoms with Gasteiger partial charge in [-0.3, -0.25) is 9.59 Å². The lowest BCUT2D eigenvalue weighted by molar-refractivity contribution is -0.133. The van der Waals surface area contributed by atoms with Gasteiger partial charge in [0.25, 0.3) is 5.91 Å². The molecule has 2 amide bonds. The van der Waals surface area contributed by atoms with Crippen molar-refractivity contribution in [2.45, 2.75) is 46.1 Å². The Labute approximate surface area is 155 Å². The monoisotopic (exact) mass is 359 g/mol. The SMILES string of the molecule is CCNc1ncc(C(=O)N2CCC(=O)N(CC3CC3)[C@@H](C(C)C)C2)cn1. The van der Waals surface area contributed by atoms with Crippen molar-refractivity contribution in [2.75, 3.05) is 31.5 Å². The van der Waals surface area contributed by atoms with Gasteiger partial charge in [0.15, 0.2) is 0 Å². The van der Waals surface area contributed by atoms with Crippen molar-refractivity contribution in [1.29, 1.82) is 0 Å².